The van der Waals surface area contributed by atoms with Crippen LogP contribution < -0.4 is 10.6 Å². The van der Waals surface area contributed by atoms with Gasteiger partial charge in [-0.25, -0.2) is 0 Å². The van der Waals surface area contributed by atoms with E-state index in [1.165, 1.54) is 11.3 Å². The molecule has 0 bridgehead atoms. The fourth-order valence-electron chi connectivity index (χ4n) is 1.67. The molecule has 112 valence electrons. The summed E-state index contributed by atoms with van der Waals surface area (Å²) in [5.41, 5.74) is 1.03. The summed E-state index contributed by atoms with van der Waals surface area (Å²) in [7, 11) is 0. The molecule has 0 fully saturated rings. The van der Waals surface area contributed by atoms with E-state index >= 15 is 0 Å². The lowest BCUT2D eigenvalue weighted by atomic mass is 10.2. The summed E-state index contributed by atoms with van der Waals surface area (Å²) in [5, 5.41) is 7.56. The summed E-state index contributed by atoms with van der Waals surface area (Å²) in [6.45, 7) is 0.476. The standard InChI is InChI=1S/C14H13Cl3N2OS/c15-14(16,17)13(18-9-10-5-2-1-3-6-10)19-12(20)11-7-4-8-21-11/h1-8,13,18H,9H2,(H,19,20). The van der Waals surface area contributed by atoms with Crippen molar-refractivity contribution in [1.29, 1.82) is 0 Å². The molecule has 0 aliphatic carbocycles. The quantitative estimate of drug-likeness (QED) is 0.623. The number of nitrogens with one attached hydrogen (secondary N) is 2. The van der Waals surface area contributed by atoms with Crippen molar-refractivity contribution in [2.24, 2.45) is 0 Å². The monoisotopic (exact) mass is 362 g/mol. The molecular formula is C14H13Cl3N2OS. The molecule has 7 heteroatoms. The van der Waals surface area contributed by atoms with Gasteiger partial charge in [0.05, 0.1) is 4.88 Å². The SMILES string of the molecule is O=C(NC(NCc1ccccc1)C(Cl)(Cl)Cl)c1cccs1. The van der Waals surface area contributed by atoms with E-state index in [1.807, 2.05) is 35.7 Å². The van der Waals surface area contributed by atoms with E-state index in [0.29, 0.717) is 11.4 Å². The minimum absolute atomic E-state index is 0.276. The summed E-state index contributed by atoms with van der Waals surface area (Å²) >= 11 is 19.1. The highest BCUT2D eigenvalue weighted by molar-refractivity contribution is 7.12. The Bertz CT molecular complexity index is 570. The van der Waals surface area contributed by atoms with Crippen molar-refractivity contribution in [2.75, 3.05) is 0 Å². The molecule has 1 heterocycles. The maximum Gasteiger partial charge on any atom is 0.262 e. The number of benzene rings is 1. The van der Waals surface area contributed by atoms with Gasteiger partial charge >= 0.3 is 0 Å². The third-order valence-corrected chi connectivity index (χ3v) is 4.22. The summed E-state index contributed by atoms with van der Waals surface area (Å²) in [5.74, 6) is -0.276. The second-order valence-corrected chi connectivity index (χ2v) is 7.61. The van der Waals surface area contributed by atoms with Gasteiger partial charge in [0.15, 0.2) is 0 Å². The molecule has 2 aromatic rings. The van der Waals surface area contributed by atoms with Crippen LogP contribution in [-0.2, 0) is 6.54 Å². The van der Waals surface area contributed by atoms with Crippen LogP contribution in [0.1, 0.15) is 15.2 Å². The molecular weight excluding hydrogens is 351 g/mol. The molecule has 1 aromatic heterocycles. The largest absolute Gasteiger partial charge is 0.332 e. The molecule has 3 nitrogen and oxygen atoms in total. The predicted molar refractivity (Wildman–Crippen MR) is 89.1 cm³/mol. The molecule has 1 atom stereocenters. The van der Waals surface area contributed by atoms with Crippen LogP contribution in [-0.4, -0.2) is 15.9 Å². The zero-order chi connectivity index (χ0) is 15.3. The Labute approximate surface area is 142 Å². The second kappa shape index (κ2) is 7.47. The van der Waals surface area contributed by atoms with Gasteiger partial charge in [0, 0.05) is 6.54 Å². The first kappa shape index (κ1) is 16.6. The lowest BCUT2D eigenvalue weighted by molar-refractivity contribution is 0.0933. The van der Waals surface area contributed by atoms with Gasteiger partial charge in [-0.1, -0.05) is 71.2 Å². The molecule has 0 spiro atoms. The summed E-state index contributed by atoms with van der Waals surface area (Å²) in [6, 6.07) is 13.2. The van der Waals surface area contributed by atoms with Gasteiger partial charge in [-0.15, -0.1) is 11.3 Å². The third-order valence-electron chi connectivity index (χ3n) is 2.70. The van der Waals surface area contributed by atoms with E-state index in [0.717, 1.165) is 5.56 Å². The van der Waals surface area contributed by atoms with Gasteiger partial charge in [0.25, 0.3) is 5.91 Å². The van der Waals surface area contributed by atoms with E-state index in [4.69, 9.17) is 34.8 Å². The smallest absolute Gasteiger partial charge is 0.262 e. The first-order valence-corrected chi connectivity index (χ1v) is 8.16. The molecule has 0 radical (unpaired) electrons. The molecule has 0 aliphatic heterocycles. The average Bonchev–Trinajstić information content (AvgIpc) is 2.97. The lowest BCUT2D eigenvalue weighted by Gasteiger charge is -2.26. The van der Waals surface area contributed by atoms with E-state index in [2.05, 4.69) is 10.6 Å². The molecule has 2 rings (SSSR count). The fraction of sp³-hybridized carbons (Fsp3) is 0.214. The first-order valence-electron chi connectivity index (χ1n) is 6.15. The van der Waals surface area contributed by atoms with Gasteiger partial charge < -0.3 is 5.32 Å². The Morgan fingerprint density at radius 2 is 1.86 bits per heavy atom. The molecule has 0 saturated carbocycles. The van der Waals surface area contributed by atoms with Crippen LogP contribution in [0.3, 0.4) is 0 Å². The summed E-state index contributed by atoms with van der Waals surface area (Å²) < 4.78 is -1.65. The van der Waals surface area contributed by atoms with Crippen LogP contribution in [0, 0.1) is 0 Å². The number of halogens is 3. The normalized spacial score (nSPS) is 12.9. The Kier molecular flexibility index (Phi) is 5.90. The number of hydrogen-bond acceptors (Lipinski definition) is 3. The Morgan fingerprint density at radius 1 is 1.14 bits per heavy atom. The summed E-state index contributed by atoms with van der Waals surface area (Å²) in [6.07, 6.45) is -0.794. The highest BCUT2D eigenvalue weighted by atomic mass is 35.6. The fourth-order valence-corrected chi connectivity index (χ4v) is 2.70. The van der Waals surface area contributed by atoms with Gasteiger partial charge in [-0.2, -0.15) is 0 Å². The van der Waals surface area contributed by atoms with Crippen molar-refractivity contribution in [2.45, 2.75) is 16.5 Å². The number of hydrogen-bond donors (Lipinski definition) is 2. The molecule has 1 amide bonds. The van der Waals surface area contributed by atoms with E-state index in [1.54, 1.807) is 12.1 Å². The van der Waals surface area contributed by atoms with Crippen molar-refractivity contribution in [3.8, 4) is 0 Å². The molecule has 0 aliphatic rings. The van der Waals surface area contributed by atoms with Crippen LogP contribution in [0.4, 0.5) is 0 Å². The Morgan fingerprint density at radius 3 is 2.43 bits per heavy atom. The van der Waals surface area contributed by atoms with E-state index in [9.17, 15) is 4.79 Å². The van der Waals surface area contributed by atoms with Gasteiger partial charge in [0.1, 0.15) is 6.17 Å². The highest BCUT2D eigenvalue weighted by Gasteiger charge is 2.33. The predicted octanol–water partition coefficient (Wildman–Crippen LogP) is 3.96. The van der Waals surface area contributed by atoms with Crippen LogP contribution in [0.2, 0.25) is 0 Å². The minimum Gasteiger partial charge on any atom is -0.332 e. The topological polar surface area (TPSA) is 41.1 Å². The minimum atomic E-state index is -1.65. The van der Waals surface area contributed by atoms with Gasteiger partial charge in [-0.05, 0) is 17.0 Å². The maximum absolute atomic E-state index is 12.1. The molecule has 2 N–H and O–H groups in total. The molecule has 0 saturated heterocycles. The number of carbonyl (C=O) groups excluding carboxylic acids is 1. The van der Waals surface area contributed by atoms with Crippen molar-refractivity contribution < 1.29 is 4.79 Å². The van der Waals surface area contributed by atoms with Gasteiger partial charge in [0.2, 0.25) is 3.79 Å². The lowest BCUT2D eigenvalue weighted by Crippen LogP contribution is -2.52. The van der Waals surface area contributed by atoms with Crippen LogP contribution >= 0.6 is 46.1 Å². The summed E-state index contributed by atoms with van der Waals surface area (Å²) in [4.78, 5) is 12.6. The highest BCUT2D eigenvalue weighted by Crippen LogP contribution is 2.29. The molecule has 1 aromatic carbocycles. The third kappa shape index (κ3) is 5.16. The average molecular weight is 364 g/mol. The maximum atomic E-state index is 12.1. The first-order chi connectivity index (χ1) is 9.97. The number of alkyl halides is 3. The van der Waals surface area contributed by atoms with Crippen molar-refractivity contribution in [3.05, 3.63) is 58.3 Å². The van der Waals surface area contributed by atoms with Crippen molar-refractivity contribution in [1.82, 2.24) is 10.6 Å². The second-order valence-electron chi connectivity index (χ2n) is 4.29. The zero-order valence-electron chi connectivity index (χ0n) is 10.9. The van der Waals surface area contributed by atoms with Gasteiger partial charge in [-0.3, -0.25) is 10.1 Å². The van der Waals surface area contributed by atoms with E-state index < -0.39 is 9.96 Å². The molecule has 21 heavy (non-hydrogen) atoms. The van der Waals surface area contributed by atoms with E-state index in [-0.39, 0.29) is 5.91 Å². The Balaban J connectivity index is 2.00. The number of carbonyl (C=O) groups is 1. The van der Waals surface area contributed by atoms with Crippen LogP contribution in [0.5, 0.6) is 0 Å². The number of amides is 1. The van der Waals surface area contributed by atoms with Crippen molar-refractivity contribution in [3.63, 3.8) is 0 Å². The zero-order valence-corrected chi connectivity index (χ0v) is 13.9. The number of thiophene rings is 1. The van der Waals surface area contributed by atoms with Crippen molar-refractivity contribution >= 4 is 52.0 Å². The Hall–Kier alpha value is -0.780. The van der Waals surface area contributed by atoms with Crippen LogP contribution in [0.15, 0.2) is 47.8 Å². The number of rotatable bonds is 5. The molecule has 1 unspecified atom stereocenters. The van der Waals surface area contributed by atoms with Crippen LogP contribution in [0.25, 0.3) is 0 Å².